The van der Waals surface area contributed by atoms with Crippen molar-refractivity contribution >= 4 is 10.8 Å². The van der Waals surface area contributed by atoms with E-state index in [4.69, 9.17) is 0 Å². The van der Waals surface area contributed by atoms with Gasteiger partial charge < -0.3 is 5.32 Å². The van der Waals surface area contributed by atoms with Crippen molar-refractivity contribution in [3.05, 3.63) is 60.2 Å². The molecule has 0 bridgehead atoms. The van der Waals surface area contributed by atoms with Crippen molar-refractivity contribution in [2.24, 2.45) is 0 Å². The van der Waals surface area contributed by atoms with Crippen LogP contribution in [-0.4, -0.2) is 6.04 Å². The van der Waals surface area contributed by atoms with E-state index in [9.17, 15) is 0 Å². The van der Waals surface area contributed by atoms with E-state index >= 15 is 0 Å². The van der Waals surface area contributed by atoms with E-state index < -0.39 is 0 Å². The molecule has 18 heavy (non-hydrogen) atoms. The quantitative estimate of drug-likeness (QED) is 0.794. The molecule has 0 fully saturated rings. The van der Waals surface area contributed by atoms with Gasteiger partial charge in [-0.15, -0.1) is 0 Å². The lowest BCUT2D eigenvalue weighted by molar-refractivity contribution is 0.475. The normalized spacial score (nSPS) is 19.2. The van der Waals surface area contributed by atoms with Crippen LogP contribution in [0.25, 0.3) is 10.8 Å². The Kier molecular flexibility index (Phi) is 3.42. The fraction of sp³-hybridized carbons (Fsp3) is 0.294. The van der Waals surface area contributed by atoms with Crippen molar-refractivity contribution in [3.8, 4) is 0 Å². The molecule has 0 heterocycles. The second-order valence-electron chi connectivity index (χ2n) is 5.00. The fourth-order valence-electron chi connectivity index (χ4n) is 2.68. The Balaban J connectivity index is 1.76. The standard InChI is InChI=1S/C17H19N/c1-2-10-16(11-3-1)18-13-15-9-6-8-14-7-4-5-12-17(14)15/h1-2,4-9,12,16,18H,3,10-11,13H2. The Morgan fingerprint density at radius 1 is 1.00 bits per heavy atom. The molecule has 1 atom stereocenters. The summed E-state index contributed by atoms with van der Waals surface area (Å²) < 4.78 is 0. The summed E-state index contributed by atoms with van der Waals surface area (Å²) in [6, 6.07) is 15.8. The molecule has 0 saturated heterocycles. The number of allylic oxidation sites excluding steroid dienone is 1. The molecule has 2 aromatic carbocycles. The highest BCUT2D eigenvalue weighted by Gasteiger charge is 2.09. The van der Waals surface area contributed by atoms with Gasteiger partial charge >= 0.3 is 0 Å². The van der Waals surface area contributed by atoms with Crippen LogP contribution in [0.2, 0.25) is 0 Å². The van der Waals surface area contributed by atoms with E-state index in [2.05, 4.69) is 59.9 Å². The zero-order chi connectivity index (χ0) is 12.2. The van der Waals surface area contributed by atoms with Crippen LogP contribution in [-0.2, 0) is 6.54 Å². The van der Waals surface area contributed by atoms with Crippen LogP contribution in [0, 0.1) is 0 Å². The molecule has 3 rings (SSSR count). The molecule has 0 spiro atoms. The molecule has 1 heteroatoms. The van der Waals surface area contributed by atoms with Gasteiger partial charge in [0.25, 0.3) is 0 Å². The predicted octanol–water partition coefficient (Wildman–Crippen LogP) is 4.04. The zero-order valence-corrected chi connectivity index (χ0v) is 10.6. The third-order valence-electron chi connectivity index (χ3n) is 3.73. The average molecular weight is 237 g/mol. The Bertz CT molecular complexity index is 551. The molecule has 1 N–H and O–H groups in total. The summed E-state index contributed by atoms with van der Waals surface area (Å²) in [6.07, 6.45) is 8.24. The lowest BCUT2D eigenvalue weighted by Gasteiger charge is -2.20. The molecule has 0 saturated carbocycles. The van der Waals surface area contributed by atoms with Gasteiger partial charge in [0.1, 0.15) is 0 Å². The summed E-state index contributed by atoms with van der Waals surface area (Å²) in [6.45, 7) is 0.972. The van der Waals surface area contributed by atoms with Gasteiger partial charge in [-0.05, 0) is 35.6 Å². The summed E-state index contributed by atoms with van der Waals surface area (Å²) in [4.78, 5) is 0. The number of hydrogen-bond acceptors (Lipinski definition) is 1. The van der Waals surface area contributed by atoms with Crippen molar-refractivity contribution in [2.75, 3.05) is 0 Å². The Morgan fingerprint density at radius 2 is 1.89 bits per heavy atom. The predicted molar refractivity (Wildman–Crippen MR) is 77.6 cm³/mol. The molecule has 2 aromatic rings. The molecule has 1 aliphatic carbocycles. The van der Waals surface area contributed by atoms with E-state index in [1.54, 1.807) is 0 Å². The third-order valence-corrected chi connectivity index (χ3v) is 3.73. The summed E-state index contributed by atoms with van der Waals surface area (Å²) in [5, 5.41) is 6.39. The largest absolute Gasteiger partial charge is 0.310 e. The molecule has 92 valence electrons. The van der Waals surface area contributed by atoms with Crippen LogP contribution in [0.5, 0.6) is 0 Å². The number of hydrogen-bond donors (Lipinski definition) is 1. The van der Waals surface area contributed by atoms with Gasteiger partial charge in [0.05, 0.1) is 0 Å². The highest BCUT2D eigenvalue weighted by molar-refractivity contribution is 5.85. The first kappa shape index (κ1) is 11.5. The van der Waals surface area contributed by atoms with Crippen LogP contribution in [0.1, 0.15) is 24.8 Å². The molecule has 0 aromatic heterocycles. The smallest absolute Gasteiger partial charge is 0.0214 e. The second-order valence-corrected chi connectivity index (χ2v) is 5.00. The van der Waals surface area contributed by atoms with Crippen molar-refractivity contribution < 1.29 is 0 Å². The molecule has 1 unspecified atom stereocenters. The van der Waals surface area contributed by atoms with Gasteiger partial charge in [0, 0.05) is 12.6 Å². The first-order valence-corrected chi connectivity index (χ1v) is 6.78. The van der Waals surface area contributed by atoms with Gasteiger partial charge in [-0.2, -0.15) is 0 Å². The summed E-state index contributed by atoms with van der Waals surface area (Å²) in [5.74, 6) is 0. The van der Waals surface area contributed by atoms with Crippen molar-refractivity contribution in [3.63, 3.8) is 0 Å². The number of fused-ring (bicyclic) bond motifs is 1. The molecule has 0 amide bonds. The summed E-state index contributed by atoms with van der Waals surface area (Å²) in [5.41, 5.74) is 1.41. The van der Waals surface area contributed by atoms with Crippen molar-refractivity contribution in [1.29, 1.82) is 0 Å². The molecular formula is C17H19N. The van der Waals surface area contributed by atoms with E-state index in [1.807, 2.05) is 0 Å². The van der Waals surface area contributed by atoms with Crippen LogP contribution >= 0.6 is 0 Å². The van der Waals surface area contributed by atoms with Crippen molar-refractivity contribution in [1.82, 2.24) is 5.32 Å². The maximum Gasteiger partial charge on any atom is 0.0214 e. The van der Waals surface area contributed by atoms with Gasteiger partial charge in [0.15, 0.2) is 0 Å². The van der Waals surface area contributed by atoms with E-state index in [-0.39, 0.29) is 0 Å². The maximum atomic E-state index is 3.68. The molecular weight excluding hydrogens is 218 g/mol. The van der Waals surface area contributed by atoms with Crippen molar-refractivity contribution in [2.45, 2.75) is 31.8 Å². The van der Waals surface area contributed by atoms with Crippen LogP contribution < -0.4 is 5.32 Å². The highest BCUT2D eigenvalue weighted by Crippen LogP contribution is 2.19. The summed E-state index contributed by atoms with van der Waals surface area (Å²) in [7, 11) is 0. The minimum Gasteiger partial charge on any atom is -0.310 e. The first-order chi connectivity index (χ1) is 8.93. The van der Waals surface area contributed by atoms with E-state index in [1.165, 1.54) is 35.6 Å². The Hall–Kier alpha value is -1.60. The average Bonchev–Trinajstić information content (AvgIpc) is 2.46. The van der Waals surface area contributed by atoms with Gasteiger partial charge in [-0.25, -0.2) is 0 Å². The SMILES string of the molecule is C1=CCC(NCc2cccc3ccccc23)CC1. The molecule has 1 aliphatic rings. The Labute approximate surface area is 109 Å². The summed E-state index contributed by atoms with van der Waals surface area (Å²) >= 11 is 0. The lowest BCUT2D eigenvalue weighted by atomic mass is 10.0. The number of nitrogens with one attached hydrogen (secondary N) is 1. The minimum absolute atomic E-state index is 0.647. The van der Waals surface area contributed by atoms with Gasteiger partial charge in [-0.1, -0.05) is 54.6 Å². The van der Waals surface area contributed by atoms with Crippen LogP contribution in [0.15, 0.2) is 54.6 Å². The van der Waals surface area contributed by atoms with Gasteiger partial charge in [-0.3, -0.25) is 0 Å². The van der Waals surface area contributed by atoms with Crippen LogP contribution in [0.4, 0.5) is 0 Å². The number of benzene rings is 2. The maximum absolute atomic E-state index is 3.68. The second kappa shape index (κ2) is 5.36. The van der Waals surface area contributed by atoms with Gasteiger partial charge in [0.2, 0.25) is 0 Å². The third kappa shape index (κ3) is 2.46. The van der Waals surface area contributed by atoms with E-state index in [0.717, 1.165) is 6.54 Å². The first-order valence-electron chi connectivity index (χ1n) is 6.78. The lowest BCUT2D eigenvalue weighted by Crippen LogP contribution is -2.29. The van der Waals surface area contributed by atoms with Crippen LogP contribution in [0.3, 0.4) is 0 Å². The Morgan fingerprint density at radius 3 is 2.78 bits per heavy atom. The zero-order valence-electron chi connectivity index (χ0n) is 10.6. The molecule has 0 aliphatic heterocycles. The van der Waals surface area contributed by atoms with E-state index in [0.29, 0.717) is 6.04 Å². The molecule has 0 radical (unpaired) electrons. The fourth-order valence-corrected chi connectivity index (χ4v) is 2.68. The minimum atomic E-state index is 0.647. The topological polar surface area (TPSA) is 12.0 Å². The highest BCUT2D eigenvalue weighted by atomic mass is 14.9. The monoisotopic (exact) mass is 237 g/mol. The molecule has 1 nitrogen and oxygen atoms in total. The number of rotatable bonds is 3.